The van der Waals surface area contributed by atoms with Gasteiger partial charge in [0.25, 0.3) is 0 Å². The summed E-state index contributed by atoms with van der Waals surface area (Å²) < 4.78 is 37.2. The number of alkyl halides is 5. The number of hydrogen-bond acceptors (Lipinski definition) is 1. The molecular formula is C12H14Cl2F3N. The van der Waals surface area contributed by atoms with E-state index < -0.39 is 17.3 Å². The third kappa shape index (κ3) is 3.69. The SMILES string of the molecule is CCC(CCl)(CCl)Nc1ccc(C(F)(F)F)cc1. The molecule has 0 atom stereocenters. The van der Waals surface area contributed by atoms with E-state index in [0.717, 1.165) is 12.1 Å². The molecule has 1 rings (SSSR count). The van der Waals surface area contributed by atoms with Gasteiger partial charge in [0.2, 0.25) is 0 Å². The van der Waals surface area contributed by atoms with Crippen LogP contribution in [0.5, 0.6) is 0 Å². The van der Waals surface area contributed by atoms with Crippen LogP contribution in [0.2, 0.25) is 0 Å². The average molecular weight is 300 g/mol. The van der Waals surface area contributed by atoms with Gasteiger partial charge < -0.3 is 5.32 Å². The van der Waals surface area contributed by atoms with Gasteiger partial charge in [-0.3, -0.25) is 0 Å². The van der Waals surface area contributed by atoms with E-state index >= 15 is 0 Å². The van der Waals surface area contributed by atoms with Crippen molar-refractivity contribution in [2.75, 3.05) is 17.1 Å². The number of nitrogens with one attached hydrogen (secondary N) is 1. The van der Waals surface area contributed by atoms with Gasteiger partial charge in [-0.25, -0.2) is 0 Å². The minimum Gasteiger partial charge on any atom is -0.377 e. The van der Waals surface area contributed by atoms with E-state index in [-0.39, 0.29) is 11.8 Å². The molecule has 0 saturated heterocycles. The summed E-state index contributed by atoms with van der Waals surface area (Å²) in [5, 5.41) is 3.09. The summed E-state index contributed by atoms with van der Waals surface area (Å²) in [5.74, 6) is 0.571. The van der Waals surface area contributed by atoms with Gasteiger partial charge in [-0.1, -0.05) is 6.92 Å². The number of hydrogen-bond donors (Lipinski definition) is 1. The molecule has 0 aliphatic rings. The van der Waals surface area contributed by atoms with Crippen molar-refractivity contribution in [2.45, 2.75) is 25.1 Å². The highest BCUT2D eigenvalue weighted by molar-refractivity contribution is 6.22. The zero-order chi connectivity index (χ0) is 13.8. The molecule has 0 spiro atoms. The second-order valence-corrected chi connectivity index (χ2v) is 4.64. The summed E-state index contributed by atoms with van der Waals surface area (Å²) in [4.78, 5) is 0. The van der Waals surface area contributed by atoms with E-state index in [1.54, 1.807) is 0 Å². The third-order valence-electron chi connectivity index (χ3n) is 2.81. The van der Waals surface area contributed by atoms with Gasteiger partial charge in [0.1, 0.15) is 0 Å². The van der Waals surface area contributed by atoms with Crippen molar-refractivity contribution < 1.29 is 13.2 Å². The smallest absolute Gasteiger partial charge is 0.377 e. The van der Waals surface area contributed by atoms with Crippen molar-refractivity contribution in [3.63, 3.8) is 0 Å². The Morgan fingerprint density at radius 1 is 1.06 bits per heavy atom. The van der Waals surface area contributed by atoms with E-state index in [1.165, 1.54) is 12.1 Å². The molecule has 102 valence electrons. The first kappa shape index (κ1) is 15.4. The molecule has 0 aliphatic heterocycles. The van der Waals surface area contributed by atoms with Gasteiger partial charge in [0, 0.05) is 17.4 Å². The summed E-state index contributed by atoms with van der Waals surface area (Å²) in [6.45, 7) is 1.92. The third-order valence-corrected chi connectivity index (χ3v) is 3.83. The van der Waals surface area contributed by atoms with Crippen LogP contribution in [0, 0.1) is 0 Å². The highest BCUT2D eigenvalue weighted by Crippen LogP contribution is 2.30. The molecule has 0 amide bonds. The van der Waals surface area contributed by atoms with Crippen molar-refractivity contribution >= 4 is 28.9 Å². The second-order valence-electron chi connectivity index (χ2n) is 4.10. The van der Waals surface area contributed by atoms with Crippen molar-refractivity contribution in [3.8, 4) is 0 Å². The summed E-state index contributed by atoms with van der Waals surface area (Å²) in [5.41, 5.74) is -0.596. The average Bonchev–Trinajstić information content (AvgIpc) is 2.36. The lowest BCUT2D eigenvalue weighted by molar-refractivity contribution is -0.137. The Bertz CT molecular complexity index is 364. The van der Waals surface area contributed by atoms with E-state index in [2.05, 4.69) is 5.32 Å². The lowest BCUT2D eigenvalue weighted by atomic mass is 10.0. The van der Waals surface area contributed by atoms with E-state index in [9.17, 15) is 13.2 Å². The van der Waals surface area contributed by atoms with Gasteiger partial charge in [-0.2, -0.15) is 13.2 Å². The molecule has 6 heteroatoms. The van der Waals surface area contributed by atoms with E-state index in [1.807, 2.05) is 6.92 Å². The molecule has 18 heavy (non-hydrogen) atoms. The van der Waals surface area contributed by atoms with Crippen LogP contribution in [-0.2, 0) is 6.18 Å². The molecule has 0 radical (unpaired) electrons. The van der Waals surface area contributed by atoms with Gasteiger partial charge in [0.15, 0.2) is 0 Å². The zero-order valence-electron chi connectivity index (χ0n) is 9.82. The van der Waals surface area contributed by atoms with Crippen molar-refractivity contribution in [3.05, 3.63) is 29.8 Å². The number of benzene rings is 1. The Morgan fingerprint density at radius 3 is 1.89 bits per heavy atom. The van der Waals surface area contributed by atoms with Crippen LogP contribution in [-0.4, -0.2) is 17.3 Å². The molecule has 0 saturated carbocycles. The lowest BCUT2D eigenvalue weighted by Crippen LogP contribution is -2.41. The predicted molar refractivity (Wildman–Crippen MR) is 69.5 cm³/mol. The highest BCUT2D eigenvalue weighted by atomic mass is 35.5. The molecule has 1 aromatic carbocycles. The van der Waals surface area contributed by atoms with Crippen LogP contribution >= 0.6 is 23.2 Å². The van der Waals surface area contributed by atoms with Crippen molar-refractivity contribution in [2.24, 2.45) is 0 Å². The Labute approximate surface area is 114 Å². The summed E-state index contributed by atoms with van der Waals surface area (Å²) >= 11 is 11.7. The molecule has 1 aromatic rings. The summed E-state index contributed by atoms with van der Waals surface area (Å²) in [7, 11) is 0. The Kier molecular flexibility index (Phi) is 5.17. The second kappa shape index (κ2) is 6.02. The predicted octanol–water partition coefficient (Wildman–Crippen LogP) is 4.74. The molecule has 0 fully saturated rings. The lowest BCUT2D eigenvalue weighted by Gasteiger charge is -2.30. The maximum atomic E-state index is 12.4. The van der Waals surface area contributed by atoms with Gasteiger partial charge in [-0.05, 0) is 30.7 Å². The summed E-state index contributed by atoms with van der Waals surface area (Å²) in [6.07, 6.45) is -3.64. The van der Waals surface area contributed by atoms with Crippen LogP contribution < -0.4 is 5.32 Å². The monoisotopic (exact) mass is 299 g/mol. The molecule has 0 aromatic heterocycles. The minimum absolute atomic E-state index is 0.286. The maximum Gasteiger partial charge on any atom is 0.416 e. The van der Waals surface area contributed by atoms with Crippen molar-refractivity contribution in [1.82, 2.24) is 0 Å². The standard InChI is InChI=1S/C12H14Cl2F3N/c1-2-11(7-13,8-14)18-10-5-3-9(4-6-10)12(15,16)17/h3-6,18H,2,7-8H2,1H3. The first-order chi connectivity index (χ1) is 8.37. The fourth-order valence-corrected chi connectivity index (χ4v) is 2.23. The normalized spacial score (nSPS) is 12.6. The fraction of sp³-hybridized carbons (Fsp3) is 0.500. The van der Waals surface area contributed by atoms with E-state index in [0.29, 0.717) is 12.1 Å². The molecule has 0 aliphatic carbocycles. The van der Waals surface area contributed by atoms with Crippen LogP contribution in [0.15, 0.2) is 24.3 Å². The maximum absolute atomic E-state index is 12.4. The van der Waals surface area contributed by atoms with Gasteiger partial charge >= 0.3 is 6.18 Å². The molecule has 0 unspecified atom stereocenters. The Hall–Kier alpha value is -0.610. The molecule has 1 N–H and O–H groups in total. The minimum atomic E-state index is -4.32. The summed E-state index contributed by atoms with van der Waals surface area (Å²) in [6, 6.07) is 4.83. The molecular weight excluding hydrogens is 286 g/mol. The number of anilines is 1. The Balaban J connectivity index is 2.86. The topological polar surface area (TPSA) is 12.0 Å². The number of rotatable bonds is 5. The van der Waals surface area contributed by atoms with Gasteiger partial charge in [0.05, 0.1) is 11.1 Å². The highest BCUT2D eigenvalue weighted by Gasteiger charge is 2.30. The Morgan fingerprint density at radius 2 is 1.56 bits per heavy atom. The fourth-order valence-electron chi connectivity index (χ4n) is 1.43. The van der Waals surface area contributed by atoms with Crippen molar-refractivity contribution in [1.29, 1.82) is 0 Å². The van der Waals surface area contributed by atoms with E-state index in [4.69, 9.17) is 23.2 Å². The largest absolute Gasteiger partial charge is 0.416 e. The zero-order valence-corrected chi connectivity index (χ0v) is 11.3. The number of halogens is 5. The van der Waals surface area contributed by atoms with Crippen LogP contribution in [0.25, 0.3) is 0 Å². The van der Waals surface area contributed by atoms with Crippen LogP contribution in [0.3, 0.4) is 0 Å². The van der Waals surface area contributed by atoms with Crippen LogP contribution in [0.1, 0.15) is 18.9 Å². The first-order valence-corrected chi connectivity index (χ1v) is 6.51. The molecule has 1 nitrogen and oxygen atoms in total. The molecule has 0 bridgehead atoms. The van der Waals surface area contributed by atoms with Gasteiger partial charge in [-0.15, -0.1) is 23.2 Å². The quantitative estimate of drug-likeness (QED) is 0.774. The molecule has 0 heterocycles. The first-order valence-electron chi connectivity index (χ1n) is 5.44. The van der Waals surface area contributed by atoms with Crippen LogP contribution in [0.4, 0.5) is 18.9 Å².